The highest BCUT2D eigenvalue weighted by Gasteiger charge is 2.34. The zero-order valence-electron chi connectivity index (χ0n) is 13.5. The lowest BCUT2D eigenvalue weighted by Gasteiger charge is -2.15. The predicted molar refractivity (Wildman–Crippen MR) is 87.1 cm³/mol. The van der Waals surface area contributed by atoms with Crippen LogP contribution in [0.1, 0.15) is 17.7 Å². The Bertz CT molecular complexity index is 694. The number of amides is 2. The number of benzene rings is 1. The van der Waals surface area contributed by atoms with Crippen LogP contribution in [0.4, 0.5) is 0 Å². The summed E-state index contributed by atoms with van der Waals surface area (Å²) in [5.74, 6) is 1.07. The van der Waals surface area contributed by atoms with Crippen molar-refractivity contribution in [1.29, 1.82) is 0 Å². The fraction of sp³-hybridized carbons (Fsp3) is 0.333. The number of furan rings is 1. The number of rotatable bonds is 6. The van der Waals surface area contributed by atoms with Crippen molar-refractivity contribution >= 4 is 11.8 Å². The normalized spacial score (nSPS) is 17.1. The summed E-state index contributed by atoms with van der Waals surface area (Å²) in [5.41, 5.74) is 0.987. The molecule has 1 aromatic heterocycles. The Labute approximate surface area is 140 Å². The van der Waals surface area contributed by atoms with Gasteiger partial charge in [0.1, 0.15) is 11.5 Å². The molecule has 2 aromatic rings. The molecule has 126 valence electrons. The standard InChI is InChI=1S/C18H20N2O4/c1-23-15-6-4-13(5-7-15)10-19-18(22)14-9-17(21)20(11-14)12-16-3-2-8-24-16/h2-8,14H,9-12H2,1H3,(H,19,22)/t14-/m1/s1. The quantitative estimate of drug-likeness (QED) is 0.880. The number of nitrogens with zero attached hydrogens (tertiary/aromatic N) is 1. The molecule has 0 bridgehead atoms. The summed E-state index contributed by atoms with van der Waals surface area (Å²) in [6.45, 7) is 1.27. The first-order chi connectivity index (χ1) is 11.7. The van der Waals surface area contributed by atoms with E-state index in [0.717, 1.165) is 17.1 Å². The second kappa shape index (κ2) is 7.21. The summed E-state index contributed by atoms with van der Waals surface area (Å²) in [4.78, 5) is 26.0. The smallest absolute Gasteiger partial charge is 0.225 e. The van der Waals surface area contributed by atoms with Crippen LogP contribution in [-0.2, 0) is 22.7 Å². The molecular formula is C18H20N2O4. The molecule has 2 amide bonds. The van der Waals surface area contributed by atoms with Gasteiger partial charge in [0.05, 0.1) is 25.8 Å². The van der Waals surface area contributed by atoms with Crippen LogP contribution in [0.2, 0.25) is 0 Å². The summed E-state index contributed by atoms with van der Waals surface area (Å²) in [5, 5.41) is 2.90. The number of ether oxygens (including phenoxy) is 1. The van der Waals surface area contributed by atoms with E-state index in [1.54, 1.807) is 24.3 Å². The minimum atomic E-state index is -0.314. The zero-order valence-corrected chi connectivity index (χ0v) is 13.5. The molecule has 1 aromatic carbocycles. The molecule has 0 radical (unpaired) electrons. The molecule has 0 saturated carbocycles. The Hall–Kier alpha value is -2.76. The Balaban J connectivity index is 1.51. The van der Waals surface area contributed by atoms with Crippen LogP contribution >= 0.6 is 0 Å². The van der Waals surface area contributed by atoms with Crippen molar-refractivity contribution in [2.75, 3.05) is 13.7 Å². The van der Waals surface area contributed by atoms with Gasteiger partial charge in [0, 0.05) is 19.5 Å². The summed E-state index contributed by atoms with van der Waals surface area (Å²) in [7, 11) is 1.61. The largest absolute Gasteiger partial charge is 0.497 e. The SMILES string of the molecule is COc1ccc(CNC(=O)[C@@H]2CC(=O)N(Cc3ccco3)C2)cc1. The average Bonchev–Trinajstić information content (AvgIpc) is 3.24. The first-order valence-corrected chi connectivity index (χ1v) is 7.86. The van der Waals surface area contributed by atoms with Crippen molar-refractivity contribution in [3.8, 4) is 5.75 Å². The molecule has 3 rings (SSSR count). The second-order valence-electron chi connectivity index (χ2n) is 5.82. The van der Waals surface area contributed by atoms with Crippen LogP contribution in [0, 0.1) is 5.92 Å². The number of hydrogen-bond acceptors (Lipinski definition) is 4. The molecule has 1 fully saturated rings. The van der Waals surface area contributed by atoms with Gasteiger partial charge in [-0.15, -0.1) is 0 Å². The Morgan fingerprint density at radius 2 is 2.12 bits per heavy atom. The van der Waals surface area contributed by atoms with Gasteiger partial charge in [0.15, 0.2) is 0 Å². The van der Waals surface area contributed by atoms with Gasteiger partial charge in [-0.2, -0.15) is 0 Å². The van der Waals surface area contributed by atoms with Gasteiger partial charge >= 0.3 is 0 Å². The maximum Gasteiger partial charge on any atom is 0.225 e. The molecule has 1 N–H and O–H groups in total. The molecule has 2 heterocycles. The summed E-state index contributed by atoms with van der Waals surface area (Å²) in [6.07, 6.45) is 1.82. The number of methoxy groups -OCH3 is 1. The van der Waals surface area contributed by atoms with Crippen molar-refractivity contribution in [1.82, 2.24) is 10.2 Å². The Morgan fingerprint density at radius 3 is 2.79 bits per heavy atom. The van der Waals surface area contributed by atoms with E-state index in [-0.39, 0.29) is 24.2 Å². The van der Waals surface area contributed by atoms with Gasteiger partial charge in [-0.3, -0.25) is 9.59 Å². The lowest BCUT2D eigenvalue weighted by molar-refractivity contribution is -0.129. The van der Waals surface area contributed by atoms with E-state index in [2.05, 4.69) is 5.32 Å². The lowest BCUT2D eigenvalue weighted by atomic mass is 10.1. The number of carbonyl (C=O) groups is 2. The van der Waals surface area contributed by atoms with E-state index >= 15 is 0 Å². The van der Waals surface area contributed by atoms with Crippen molar-refractivity contribution in [3.63, 3.8) is 0 Å². The Morgan fingerprint density at radius 1 is 1.33 bits per heavy atom. The van der Waals surface area contributed by atoms with Crippen molar-refractivity contribution in [2.24, 2.45) is 5.92 Å². The van der Waals surface area contributed by atoms with Gasteiger partial charge in [-0.25, -0.2) is 0 Å². The fourth-order valence-electron chi connectivity index (χ4n) is 2.77. The van der Waals surface area contributed by atoms with Crippen molar-refractivity contribution < 1.29 is 18.7 Å². The molecule has 1 atom stereocenters. The van der Waals surface area contributed by atoms with Crippen LogP contribution in [-0.4, -0.2) is 30.4 Å². The van der Waals surface area contributed by atoms with Crippen LogP contribution in [0.25, 0.3) is 0 Å². The van der Waals surface area contributed by atoms with Gasteiger partial charge in [0.2, 0.25) is 11.8 Å². The lowest BCUT2D eigenvalue weighted by Crippen LogP contribution is -2.32. The summed E-state index contributed by atoms with van der Waals surface area (Å²) in [6, 6.07) is 11.1. The van der Waals surface area contributed by atoms with Crippen LogP contribution < -0.4 is 10.1 Å². The number of nitrogens with one attached hydrogen (secondary N) is 1. The highest BCUT2D eigenvalue weighted by molar-refractivity contribution is 5.89. The topological polar surface area (TPSA) is 71.8 Å². The van der Waals surface area contributed by atoms with Crippen LogP contribution in [0.5, 0.6) is 5.75 Å². The predicted octanol–water partition coefficient (Wildman–Crippen LogP) is 1.95. The van der Waals surface area contributed by atoms with E-state index in [4.69, 9.17) is 9.15 Å². The molecule has 1 aliphatic rings. The summed E-state index contributed by atoms with van der Waals surface area (Å²) >= 11 is 0. The van der Waals surface area contributed by atoms with E-state index < -0.39 is 0 Å². The highest BCUT2D eigenvalue weighted by Crippen LogP contribution is 2.21. The van der Waals surface area contributed by atoms with E-state index in [1.165, 1.54) is 0 Å². The van der Waals surface area contributed by atoms with Gasteiger partial charge in [0.25, 0.3) is 0 Å². The maximum atomic E-state index is 12.3. The minimum absolute atomic E-state index is 0.0176. The van der Waals surface area contributed by atoms with Crippen LogP contribution in [0.3, 0.4) is 0 Å². The second-order valence-corrected chi connectivity index (χ2v) is 5.82. The third-order valence-electron chi connectivity index (χ3n) is 4.14. The molecule has 1 saturated heterocycles. The number of likely N-dealkylation sites (tertiary alicyclic amines) is 1. The minimum Gasteiger partial charge on any atom is -0.497 e. The molecular weight excluding hydrogens is 308 g/mol. The average molecular weight is 328 g/mol. The molecule has 24 heavy (non-hydrogen) atoms. The van der Waals surface area contributed by atoms with Crippen molar-refractivity contribution in [3.05, 3.63) is 54.0 Å². The Kier molecular flexibility index (Phi) is 4.84. The molecule has 6 nitrogen and oxygen atoms in total. The van der Waals surface area contributed by atoms with Crippen LogP contribution in [0.15, 0.2) is 47.1 Å². The summed E-state index contributed by atoms with van der Waals surface area (Å²) < 4.78 is 10.4. The zero-order chi connectivity index (χ0) is 16.9. The third-order valence-corrected chi connectivity index (χ3v) is 4.14. The monoisotopic (exact) mass is 328 g/mol. The first-order valence-electron chi connectivity index (χ1n) is 7.86. The van der Waals surface area contributed by atoms with Gasteiger partial charge < -0.3 is 19.4 Å². The molecule has 0 spiro atoms. The third kappa shape index (κ3) is 3.76. The highest BCUT2D eigenvalue weighted by atomic mass is 16.5. The van der Waals surface area contributed by atoms with E-state index in [9.17, 15) is 9.59 Å². The van der Waals surface area contributed by atoms with Gasteiger partial charge in [-0.05, 0) is 29.8 Å². The maximum absolute atomic E-state index is 12.3. The first kappa shape index (κ1) is 16.1. The number of carbonyl (C=O) groups excluding carboxylic acids is 2. The molecule has 6 heteroatoms. The van der Waals surface area contributed by atoms with E-state index in [1.807, 2.05) is 30.3 Å². The molecule has 1 aliphatic heterocycles. The molecule has 0 aliphatic carbocycles. The number of hydrogen-bond donors (Lipinski definition) is 1. The van der Waals surface area contributed by atoms with Crippen molar-refractivity contribution in [2.45, 2.75) is 19.5 Å². The fourth-order valence-corrected chi connectivity index (χ4v) is 2.77. The van der Waals surface area contributed by atoms with E-state index in [0.29, 0.717) is 19.6 Å². The van der Waals surface area contributed by atoms with Gasteiger partial charge in [-0.1, -0.05) is 12.1 Å². The molecule has 0 unspecified atom stereocenters.